The highest BCUT2D eigenvalue weighted by molar-refractivity contribution is 5.31. The molecule has 2 atom stereocenters. The van der Waals surface area contributed by atoms with E-state index in [2.05, 4.69) is 14.9 Å². The molecule has 2 bridgehead atoms. The topological polar surface area (TPSA) is 24.3 Å². The van der Waals surface area contributed by atoms with Gasteiger partial charge >= 0.3 is 0 Å². The van der Waals surface area contributed by atoms with Gasteiger partial charge in [-0.05, 0) is 55.7 Å². The van der Waals surface area contributed by atoms with Crippen molar-refractivity contribution in [2.75, 3.05) is 26.2 Å². The van der Waals surface area contributed by atoms with E-state index >= 15 is 0 Å². The van der Waals surface area contributed by atoms with Crippen molar-refractivity contribution in [3.63, 3.8) is 0 Å². The Bertz CT molecular complexity index is 769. The van der Waals surface area contributed by atoms with Gasteiger partial charge in [0.2, 0.25) is 0 Å². The fraction of sp³-hybridized carbons (Fsp3) is 0.571. The summed E-state index contributed by atoms with van der Waals surface area (Å²) in [6.07, 6.45) is 9.60. The zero-order valence-electron chi connectivity index (χ0n) is 15.2. The van der Waals surface area contributed by atoms with Crippen LogP contribution in [0.4, 0.5) is 4.39 Å². The van der Waals surface area contributed by atoms with E-state index in [1.807, 2.05) is 18.5 Å². The summed E-state index contributed by atoms with van der Waals surface area (Å²) in [4.78, 5) is 5.39. The second kappa shape index (κ2) is 6.78. The van der Waals surface area contributed by atoms with Gasteiger partial charge in [0.25, 0.3) is 0 Å². The number of fused-ring (bicyclic) bond motifs is 4. The molecule has 2 aromatic rings. The highest BCUT2D eigenvalue weighted by Crippen LogP contribution is 2.35. The first-order chi connectivity index (χ1) is 12.7. The van der Waals surface area contributed by atoms with Crippen LogP contribution >= 0.6 is 0 Å². The molecule has 4 heterocycles. The number of hydrogen-bond acceptors (Lipinski definition) is 3. The number of rotatable bonds is 5. The van der Waals surface area contributed by atoms with Crippen LogP contribution in [0, 0.1) is 17.7 Å². The molecule has 1 aliphatic carbocycles. The van der Waals surface area contributed by atoms with Gasteiger partial charge in [-0.25, -0.2) is 9.07 Å². The second-order valence-corrected chi connectivity index (χ2v) is 8.46. The minimum Gasteiger partial charge on any atom is -0.299 e. The number of hydrogen-bond donors (Lipinski definition) is 0. The molecule has 26 heavy (non-hydrogen) atoms. The van der Waals surface area contributed by atoms with Crippen LogP contribution < -0.4 is 0 Å². The van der Waals surface area contributed by atoms with E-state index in [0.717, 1.165) is 30.1 Å². The van der Waals surface area contributed by atoms with Crippen molar-refractivity contribution in [2.24, 2.45) is 11.8 Å². The lowest BCUT2D eigenvalue weighted by atomic mass is 9.95. The van der Waals surface area contributed by atoms with Crippen LogP contribution in [0.1, 0.15) is 31.2 Å². The minimum absolute atomic E-state index is 0.223. The summed E-state index contributed by atoms with van der Waals surface area (Å²) < 4.78 is 15.2. The zero-order valence-corrected chi connectivity index (χ0v) is 15.2. The monoisotopic (exact) mass is 354 g/mol. The van der Waals surface area contributed by atoms with Crippen LogP contribution in [0.25, 0.3) is 5.69 Å². The SMILES string of the molecule is Fc1cccc(-n2cc(CN3C[C@@H]4CC[C@H](C3)N(CC3CC3)C4)cn2)c1. The molecule has 0 N–H and O–H groups in total. The fourth-order valence-electron chi connectivity index (χ4n) is 4.72. The molecule has 4 nitrogen and oxygen atoms in total. The van der Waals surface area contributed by atoms with Crippen LogP contribution in [0.15, 0.2) is 36.7 Å². The smallest absolute Gasteiger partial charge is 0.125 e. The number of aromatic nitrogens is 2. The Morgan fingerprint density at radius 2 is 2.00 bits per heavy atom. The van der Waals surface area contributed by atoms with Crippen LogP contribution in [0.2, 0.25) is 0 Å². The molecule has 0 spiro atoms. The predicted molar refractivity (Wildman–Crippen MR) is 99.6 cm³/mol. The summed E-state index contributed by atoms with van der Waals surface area (Å²) in [5.41, 5.74) is 1.99. The summed E-state index contributed by atoms with van der Waals surface area (Å²) >= 11 is 0. The van der Waals surface area contributed by atoms with Crippen LogP contribution in [-0.2, 0) is 6.54 Å². The van der Waals surface area contributed by atoms with Crippen LogP contribution in [0.5, 0.6) is 0 Å². The molecule has 0 amide bonds. The predicted octanol–water partition coefficient (Wildman–Crippen LogP) is 3.32. The lowest BCUT2D eigenvalue weighted by Crippen LogP contribution is -2.44. The molecule has 3 saturated heterocycles. The Hall–Kier alpha value is -1.72. The van der Waals surface area contributed by atoms with Gasteiger partial charge in [-0.1, -0.05) is 6.07 Å². The molecule has 1 saturated carbocycles. The van der Waals surface area contributed by atoms with Crippen molar-refractivity contribution >= 4 is 0 Å². The summed E-state index contributed by atoms with van der Waals surface area (Å²) in [6.45, 7) is 5.93. The van der Waals surface area contributed by atoms with E-state index in [9.17, 15) is 4.39 Å². The van der Waals surface area contributed by atoms with E-state index in [0.29, 0.717) is 0 Å². The van der Waals surface area contributed by atoms with Gasteiger partial charge in [0.05, 0.1) is 11.9 Å². The number of nitrogens with zero attached hydrogens (tertiary/aromatic N) is 4. The van der Waals surface area contributed by atoms with Gasteiger partial charge in [0.15, 0.2) is 0 Å². The quantitative estimate of drug-likeness (QED) is 0.823. The van der Waals surface area contributed by atoms with Gasteiger partial charge in [0, 0.05) is 50.5 Å². The first-order valence-electron chi connectivity index (χ1n) is 9.99. The summed E-state index contributed by atoms with van der Waals surface area (Å²) in [5, 5.41) is 4.45. The van der Waals surface area contributed by atoms with Crippen molar-refractivity contribution in [1.29, 1.82) is 0 Å². The van der Waals surface area contributed by atoms with E-state index in [4.69, 9.17) is 0 Å². The molecule has 1 aromatic heterocycles. The molecule has 0 unspecified atom stereocenters. The van der Waals surface area contributed by atoms with Gasteiger partial charge < -0.3 is 0 Å². The van der Waals surface area contributed by atoms with Crippen molar-refractivity contribution in [2.45, 2.75) is 38.3 Å². The lowest BCUT2D eigenvalue weighted by Gasteiger charge is -2.36. The Labute approximate surface area is 154 Å². The largest absolute Gasteiger partial charge is 0.299 e. The van der Waals surface area contributed by atoms with Crippen LogP contribution in [0.3, 0.4) is 0 Å². The Morgan fingerprint density at radius 1 is 1.08 bits per heavy atom. The highest BCUT2D eigenvalue weighted by Gasteiger charge is 2.37. The lowest BCUT2D eigenvalue weighted by molar-refractivity contribution is 0.125. The molecule has 138 valence electrons. The molecule has 5 heteroatoms. The summed E-state index contributed by atoms with van der Waals surface area (Å²) in [5.74, 6) is 1.57. The molecule has 4 fully saturated rings. The first-order valence-corrected chi connectivity index (χ1v) is 9.99. The minimum atomic E-state index is -0.223. The van der Waals surface area contributed by atoms with E-state index in [-0.39, 0.29) is 5.82 Å². The van der Waals surface area contributed by atoms with E-state index in [1.54, 1.807) is 10.7 Å². The summed E-state index contributed by atoms with van der Waals surface area (Å²) in [7, 11) is 0. The molecular formula is C21H27FN4. The van der Waals surface area contributed by atoms with Crippen molar-refractivity contribution < 1.29 is 4.39 Å². The molecule has 6 rings (SSSR count). The second-order valence-electron chi connectivity index (χ2n) is 8.46. The fourth-order valence-corrected chi connectivity index (χ4v) is 4.72. The first kappa shape index (κ1) is 16.5. The van der Waals surface area contributed by atoms with Crippen molar-refractivity contribution in [3.05, 3.63) is 48.0 Å². The third-order valence-corrected chi connectivity index (χ3v) is 6.21. The molecule has 1 aromatic carbocycles. The van der Waals surface area contributed by atoms with Gasteiger partial charge in [-0.2, -0.15) is 5.10 Å². The highest BCUT2D eigenvalue weighted by atomic mass is 19.1. The van der Waals surface area contributed by atoms with Gasteiger partial charge in [0.1, 0.15) is 5.82 Å². The zero-order chi connectivity index (χ0) is 17.5. The number of benzene rings is 1. The Kier molecular flexibility index (Phi) is 4.29. The Morgan fingerprint density at radius 3 is 2.85 bits per heavy atom. The number of piperidine rings is 1. The molecule has 0 radical (unpaired) electrons. The van der Waals surface area contributed by atoms with Crippen LogP contribution in [-0.4, -0.2) is 51.8 Å². The average molecular weight is 354 g/mol. The Balaban J connectivity index is 1.26. The standard InChI is InChI=1S/C21H27FN4/c22-19-2-1-3-20(8-19)26-14-18(9-23-26)11-24-10-17-6-7-21(15-24)25(13-17)12-16-4-5-16/h1-3,8-9,14,16-17,21H,4-7,10-13,15H2/t17-,21+/m0/s1. The maximum atomic E-state index is 13.4. The molecular weight excluding hydrogens is 327 g/mol. The summed E-state index contributed by atoms with van der Waals surface area (Å²) in [6, 6.07) is 7.34. The normalized spacial score (nSPS) is 27.0. The van der Waals surface area contributed by atoms with E-state index < -0.39 is 0 Å². The number of halogens is 1. The van der Waals surface area contributed by atoms with Crippen molar-refractivity contribution in [3.8, 4) is 5.69 Å². The van der Waals surface area contributed by atoms with Gasteiger partial charge in [-0.15, -0.1) is 0 Å². The average Bonchev–Trinajstić information content (AvgIpc) is 3.38. The third-order valence-electron chi connectivity index (χ3n) is 6.21. The van der Waals surface area contributed by atoms with Gasteiger partial charge in [-0.3, -0.25) is 9.80 Å². The maximum absolute atomic E-state index is 13.4. The maximum Gasteiger partial charge on any atom is 0.125 e. The molecule has 3 aliphatic heterocycles. The third kappa shape index (κ3) is 3.55. The molecule has 4 aliphatic rings. The van der Waals surface area contributed by atoms with E-state index in [1.165, 1.54) is 69.6 Å². The van der Waals surface area contributed by atoms with Crippen molar-refractivity contribution in [1.82, 2.24) is 19.6 Å².